The lowest BCUT2D eigenvalue weighted by Crippen LogP contribution is -2.26. The minimum Gasteiger partial charge on any atom is -0.493 e. The Hall–Kier alpha value is -4.20. The summed E-state index contributed by atoms with van der Waals surface area (Å²) in [6.45, 7) is 3.63. The number of pyridine rings is 1. The molecule has 0 saturated heterocycles. The Morgan fingerprint density at radius 3 is 2.51 bits per heavy atom. The fourth-order valence-corrected chi connectivity index (χ4v) is 4.53. The van der Waals surface area contributed by atoms with Gasteiger partial charge in [0.15, 0.2) is 29.0 Å². The third kappa shape index (κ3) is 3.90. The van der Waals surface area contributed by atoms with Crippen molar-refractivity contribution in [1.29, 1.82) is 0 Å². The monoisotopic (exact) mass is 474 g/mol. The van der Waals surface area contributed by atoms with Crippen LogP contribution in [0.2, 0.25) is 0 Å². The molecule has 2 heterocycles. The summed E-state index contributed by atoms with van der Waals surface area (Å²) >= 11 is 0. The molecule has 0 fully saturated rings. The van der Waals surface area contributed by atoms with E-state index in [4.69, 9.17) is 18.9 Å². The highest BCUT2D eigenvalue weighted by atomic mass is 16.6. The van der Waals surface area contributed by atoms with E-state index < -0.39 is 18.2 Å². The van der Waals surface area contributed by atoms with Gasteiger partial charge in [0.05, 0.1) is 19.8 Å². The van der Waals surface area contributed by atoms with E-state index in [-0.39, 0.29) is 5.88 Å². The summed E-state index contributed by atoms with van der Waals surface area (Å²) in [6.07, 6.45) is -0.583. The Labute approximate surface area is 202 Å². The van der Waals surface area contributed by atoms with E-state index in [1.807, 2.05) is 43.3 Å². The summed E-state index contributed by atoms with van der Waals surface area (Å²) in [5.41, 5.74) is 4.19. The Kier molecular flexibility index (Phi) is 5.72. The van der Waals surface area contributed by atoms with E-state index in [0.717, 1.165) is 16.8 Å². The lowest BCUT2D eigenvalue weighted by atomic mass is 10.1. The molecular formula is C27H26N2O6. The predicted molar refractivity (Wildman–Crippen MR) is 129 cm³/mol. The zero-order valence-electron chi connectivity index (χ0n) is 19.9. The van der Waals surface area contributed by atoms with Crippen molar-refractivity contribution in [2.75, 3.05) is 14.2 Å². The Morgan fingerprint density at radius 1 is 1.00 bits per heavy atom. The molecule has 1 aliphatic rings. The maximum absolute atomic E-state index is 13.1. The Balaban J connectivity index is 1.47. The highest BCUT2D eigenvalue weighted by Crippen LogP contribution is 2.39. The SMILES string of the molecule is COc1ccc(C(=O)O[C@@H]2Cc3ccccc3[C@H]2Oc2ccc(C)n3c(O)c(C)nc23)cc1OC. The fraction of sp³-hybridized carbons (Fsp3) is 0.259. The summed E-state index contributed by atoms with van der Waals surface area (Å²) in [7, 11) is 3.05. The summed E-state index contributed by atoms with van der Waals surface area (Å²) in [5.74, 6) is 1.06. The summed E-state index contributed by atoms with van der Waals surface area (Å²) in [5, 5.41) is 10.5. The molecule has 35 heavy (non-hydrogen) atoms. The zero-order chi connectivity index (χ0) is 24.7. The number of methoxy groups -OCH3 is 2. The number of carbonyl (C=O) groups is 1. The van der Waals surface area contributed by atoms with Crippen molar-refractivity contribution in [3.8, 4) is 23.1 Å². The van der Waals surface area contributed by atoms with Gasteiger partial charge in [-0.05, 0) is 55.3 Å². The maximum atomic E-state index is 13.1. The molecule has 1 N–H and O–H groups in total. The van der Waals surface area contributed by atoms with Gasteiger partial charge < -0.3 is 24.1 Å². The number of esters is 1. The van der Waals surface area contributed by atoms with Gasteiger partial charge in [0.2, 0.25) is 5.88 Å². The second-order valence-electron chi connectivity index (χ2n) is 8.47. The number of carbonyl (C=O) groups excluding carboxylic acids is 1. The number of hydrogen-bond acceptors (Lipinski definition) is 7. The molecule has 8 heteroatoms. The number of nitrogens with zero attached hydrogens (tertiary/aromatic N) is 2. The number of benzene rings is 2. The average Bonchev–Trinajstić information content (AvgIpc) is 3.37. The topological polar surface area (TPSA) is 91.5 Å². The number of rotatable bonds is 6. The zero-order valence-corrected chi connectivity index (χ0v) is 19.9. The number of hydrogen-bond donors (Lipinski definition) is 1. The lowest BCUT2D eigenvalue weighted by molar-refractivity contribution is -0.00288. The molecule has 0 spiro atoms. The first-order chi connectivity index (χ1) is 16.9. The van der Waals surface area contributed by atoms with E-state index in [0.29, 0.717) is 40.6 Å². The molecule has 0 saturated carbocycles. The largest absolute Gasteiger partial charge is 0.493 e. The van der Waals surface area contributed by atoms with Crippen LogP contribution in [0.5, 0.6) is 23.1 Å². The van der Waals surface area contributed by atoms with Gasteiger partial charge in [0.1, 0.15) is 11.8 Å². The number of fused-ring (bicyclic) bond motifs is 2. The van der Waals surface area contributed by atoms with E-state index >= 15 is 0 Å². The van der Waals surface area contributed by atoms with Crippen LogP contribution in [0.25, 0.3) is 5.65 Å². The average molecular weight is 475 g/mol. The minimum absolute atomic E-state index is 0.0752. The van der Waals surface area contributed by atoms with Crippen molar-refractivity contribution in [1.82, 2.24) is 9.38 Å². The predicted octanol–water partition coefficient (Wildman–Crippen LogP) is 4.58. The van der Waals surface area contributed by atoms with Gasteiger partial charge in [-0.1, -0.05) is 24.3 Å². The number of aromatic nitrogens is 2. The molecule has 2 aromatic carbocycles. The first kappa shape index (κ1) is 22.6. The molecule has 2 atom stereocenters. The van der Waals surface area contributed by atoms with Crippen LogP contribution in [0.1, 0.15) is 39.0 Å². The summed E-state index contributed by atoms with van der Waals surface area (Å²) < 4.78 is 24.7. The van der Waals surface area contributed by atoms with Gasteiger partial charge in [-0.15, -0.1) is 0 Å². The van der Waals surface area contributed by atoms with Crippen molar-refractivity contribution in [2.45, 2.75) is 32.5 Å². The van der Waals surface area contributed by atoms with Crippen LogP contribution in [0, 0.1) is 13.8 Å². The molecule has 4 aromatic rings. The number of ether oxygens (including phenoxy) is 4. The molecule has 0 aliphatic heterocycles. The standard InChI is InChI=1S/C27H26N2O6/c1-15-9-11-21(25-28-16(2)26(30)29(15)25)34-24-19-8-6-5-7-17(19)13-23(24)35-27(31)18-10-12-20(32-3)22(14-18)33-4/h5-12,14,23-24,30H,13H2,1-4H3/t23-,24-/m1/s1. The number of aromatic hydroxyl groups is 1. The molecule has 2 aromatic heterocycles. The molecular weight excluding hydrogens is 448 g/mol. The van der Waals surface area contributed by atoms with Crippen molar-refractivity contribution in [3.63, 3.8) is 0 Å². The first-order valence-electron chi connectivity index (χ1n) is 11.3. The highest BCUT2D eigenvalue weighted by molar-refractivity contribution is 5.90. The van der Waals surface area contributed by atoms with Crippen molar-refractivity contribution < 1.29 is 28.8 Å². The molecule has 0 radical (unpaired) electrons. The smallest absolute Gasteiger partial charge is 0.338 e. The first-order valence-corrected chi connectivity index (χ1v) is 11.3. The van der Waals surface area contributed by atoms with E-state index in [2.05, 4.69) is 4.98 Å². The lowest BCUT2D eigenvalue weighted by Gasteiger charge is -2.23. The van der Waals surface area contributed by atoms with E-state index in [1.54, 1.807) is 29.5 Å². The third-order valence-corrected chi connectivity index (χ3v) is 6.32. The molecule has 180 valence electrons. The molecule has 0 unspecified atom stereocenters. The van der Waals surface area contributed by atoms with Gasteiger partial charge in [-0.2, -0.15) is 0 Å². The Bertz CT molecular complexity index is 1430. The van der Waals surface area contributed by atoms with Crippen LogP contribution in [-0.4, -0.2) is 40.8 Å². The molecule has 0 bridgehead atoms. The van der Waals surface area contributed by atoms with Crippen molar-refractivity contribution >= 4 is 11.6 Å². The third-order valence-electron chi connectivity index (χ3n) is 6.32. The van der Waals surface area contributed by atoms with Crippen molar-refractivity contribution in [2.24, 2.45) is 0 Å². The molecule has 8 nitrogen and oxygen atoms in total. The molecule has 0 amide bonds. The molecule has 5 rings (SSSR count). The van der Waals surface area contributed by atoms with Crippen LogP contribution in [0.4, 0.5) is 0 Å². The van der Waals surface area contributed by atoms with Gasteiger partial charge in [-0.3, -0.25) is 4.40 Å². The van der Waals surface area contributed by atoms with Crippen LogP contribution in [-0.2, 0) is 11.2 Å². The van der Waals surface area contributed by atoms with Crippen LogP contribution in [0.15, 0.2) is 54.6 Å². The highest BCUT2D eigenvalue weighted by Gasteiger charge is 2.38. The Morgan fingerprint density at radius 2 is 1.74 bits per heavy atom. The number of aryl methyl sites for hydroxylation is 2. The fourth-order valence-electron chi connectivity index (χ4n) is 4.53. The van der Waals surface area contributed by atoms with E-state index in [1.165, 1.54) is 14.2 Å². The second kappa shape index (κ2) is 8.87. The summed E-state index contributed by atoms with van der Waals surface area (Å²) in [6, 6.07) is 16.5. The van der Waals surface area contributed by atoms with Crippen LogP contribution < -0.4 is 14.2 Å². The van der Waals surface area contributed by atoms with Gasteiger partial charge in [0.25, 0.3) is 0 Å². The summed E-state index contributed by atoms with van der Waals surface area (Å²) in [4.78, 5) is 17.6. The molecule has 1 aliphatic carbocycles. The second-order valence-corrected chi connectivity index (χ2v) is 8.47. The minimum atomic E-state index is -0.556. The normalized spacial score (nSPS) is 16.7. The maximum Gasteiger partial charge on any atom is 0.338 e. The van der Waals surface area contributed by atoms with Crippen LogP contribution in [0.3, 0.4) is 0 Å². The number of imidazole rings is 1. The van der Waals surface area contributed by atoms with E-state index in [9.17, 15) is 9.90 Å². The van der Waals surface area contributed by atoms with Gasteiger partial charge >= 0.3 is 5.97 Å². The van der Waals surface area contributed by atoms with Gasteiger partial charge in [-0.25, -0.2) is 9.78 Å². The van der Waals surface area contributed by atoms with Gasteiger partial charge in [0, 0.05) is 12.1 Å². The van der Waals surface area contributed by atoms with Crippen LogP contribution >= 0.6 is 0 Å². The van der Waals surface area contributed by atoms with Crippen molar-refractivity contribution in [3.05, 3.63) is 82.7 Å². The quantitative estimate of drug-likeness (QED) is 0.409.